The van der Waals surface area contributed by atoms with E-state index in [1.807, 2.05) is 6.92 Å². The van der Waals surface area contributed by atoms with Gasteiger partial charge in [0.05, 0.1) is 17.7 Å². The molecule has 0 saturated heterocycles. The summed E-state index contributed by atoms with van der Waals surface area (Å²) in [6, 6.07) is 10.8. The van der Waals surface area contributed by atoms with Crippen LogP contribution < -0.4 is 9.04 Å². The number of carbonyl (C=O) groups is 1. The van der Waals surface area contributed by atoms with Gasteiger partial charge in [-0.05, 0) is 37.3 Å². The van der Waals surface area contributed by atoms with Crippen LogP contribution in [0.1, 0.15) is 17.2 Å². The number of ether oxygens (including phenoxy) is 2. The van der Waals surface area contributed by atoms with Crippen LogP contribution >= 0.6 is 0 Å². The van der Waals surface area contributed by atoms with Crippen LogP contribution in [0.4, 0.5) is 10.5 Å². The van der Waals surface area contributed by atoms with E-state index in [9.17, 15) is 13.2 Å². The molecule has 0 spiro atoms. The number of fused-ring (bicyclic) bond motifs is 1. The Morgan fingerprint density at radius 3 is 2.48 bits per heavy atom. The zero-order valence-electron chi connectivity index (χ0n) is 13.6. The third-order valence-electron chi connectivity index (χ3n) is 3.83. The third-order valence-corrected chi connectivity index (χ3v) is 5.53. The summed E-state index contributed by atoms with van der Waals surface area (Å²) in [7, 11) is -2.67. The van der Waals surface area contributed by atoms with Crippen LogP contribution in [0, 0.1) is 19.3 Å². The summed E-state index contributed by atoms with van der Waals surface area (Å²) in [5.74, 6) is 2.82. The Kier molecular flexibility index (Phi) is 4.15. The minimum absolute atomic E-state index is 0.0176. The molecule has 1 aliphatic rings. The summed E-state index contributed by atoms with van der Waals surface area (Å²) >= 11 is 0. The fraction of sp³-hybridized carbons (Fsp3) is 0.167. The van der Waals surface area contributed by atoms with Crippen LogP contribution in [0.5, 0.6) is 5.75 Å². The second-order valence-electron chi connectivity index (χ2n) is 5.44. The van der Waals surface area contributed by atoms with Crippen molar-refractivity contribution in [2.45, 2.75) is 17.9 Å². The van der Waals surface area contributed by atoms with Gasteiger partial charge < -0.3 is 9.47 Å². The predicted molar refractivity (Wildman–Crippen MR) is 91.9 cm³/mol. The van der Waals surface area contributed by atoms with Crippen LogP contribution in [-0.4, -0.2) is 21.6 Å². The number of hydrogen-bond donors (Lipinski definition) is 0. The number of anilines is 1. The molecule has 2 aromatic carbocycles. The third kappa shape index (κ3) is 2.81. The van der Waals surface area contributed by atoms with Gasteiger partial charge in [-0.3, -0.25) is 0 Å². The Hall–Kier alpha value is -2.98. The summed E-state index contributed by atoms with van der Waals surface area (Å²) in [5, 5.41) is 0. The molecule has 0 saturated carbocycles. The van der Waals surface area contributed by atoms with Gasteiger partial charge in [-0.2, -0.15) is 4.31 Å². The molecule has 1 atom stereocenters. The zero-order valence-corrected chi connectivity index (χ0v) is 14.4. The average molecular weight is 357 g/mol. The number of terminal acetylenes is 1. The van der Waals surface area contributed by atoms with Gasteiger partial charge in [-0.15, -0.1) is 6.42 Å². The van der Waals surface area contributed by atoms with Crippen LogP contribution in [0.3, 0.4) is 0 Å². The van der Waals surface area contributed by atoms with E-state index in [2.05, 4.69) is 5.92 Å². The molecule has 1 unspecified atom stereocenters. The highest BCUT2D eigenvalue weighted by Gasteiger charge is 2.40. The van der Waals surface area contributed by atoms with E-state index < -0.39 is 22.2 Å². The predicted octanol–water partition coefficient (Wildman–Crippen LogP) is 3.02. The van der Waals surface area contributed by atoms with Crippen molar-refractivity contribution < 1.29 is 22.7 Å². The van der Waals surface area contributed by atoms with Crippen molar-refractivity contribution in [1.82, 2.24) is 0 Å². The number of nitrogens with zero attached hydrogens (tertiary/aromatic N) is 1. The number of benzene rings is 2. The lowest BCUT2D eigenvalue weighted by Gasteiger charge is -2.31. The summed E-state index contributed by atoms with van der Waals surface area (Å²) in [5.41, 5.74) is 1.43. The van der Waals surface area contributed by atoms with Gasteiger partial charge in [0.2, 0.25) is 0 Å². The molecule has 0 aliphatic carbocycles. The van der Waals surface area contributed by atoms with Crippen LogP contribution in [0.15, 0.2) is 47.4 Å². The van der Waals surface area contributed by atoms with Gasteiger partial charge >= 0.3 is 6.09 Å². The molecule has 1 aliphatic heterocycles. The summed E-state index contributed by atoms with van der Waals surface area (Å²) in [6.07, 6.45) is 3.39. The number of methoxy groups -OCH3 is 1. The quantitative estimate of drug-likeness (QED) is 0.790. The number of carbonyl (C=O) groups excluding carboxylic acids is 1. The lowest BCUT2D eigenvalue weighted by atomic mass is 10.1. The van der Waals surface area contributed by atoms with E-state index in [-0.39, 0.29) is 10.6 Å². The Morgan fingerprint density at radius 2 is 1.88 bits per heavy atom. The van der Waals surface area contributed by atoms with Gasteiger partial charge in [0.15, 0.2) is 6.10 Å². The molecule has 1 amide bonds. The lowest BCUT2D eigenvalue weighted by Crippen LogP contribution is -2.41. The van der Waals surface area contributed by atoms with Crippen molar-refractivity contribution in [3.63, 3.8) is 0 Å². The summed E-state index contributed by atoms with van der Waals surface area (Å²) in [4.78, 5) is 12.3. The van der Waals surface area contributed by atoms with Gasteiger partial charge in [-0.25, -0.2) is 13.2 Å². The number of amides is 1. The maximum absolute atomic E-state index is 13.0. The van der Waals surface area contributed by atoms with E-state index in [1.165, 1.54) is 25.3 Å². The van der Waals surface area contributed by atoms with Gasteiger partial charge in [0, 0.05) is 5.56 Å². The number of aryl methyl sites for hydroxylation is 1. The van der Waals surface area contributed by atoms with Crippen LogP contribution in [0.25, 0.3) is 0 Å². The first-order chi connectivity index (χ1) is 11.9. The van der Waals surface area contributed by atoms with Crippen molar-refractivity contribution in [1.29, 1.82) is 0 Å². The SMILES string of the molecule is C#CC1OC(=O)N(S(=O)(=O)c2ccc(C)cc2)c2ccc(OC)cc21. The smallest absolute Gasteiger partial charge is 0.430 e. The van der Waals surface area contributed by atoms with Crippen LogP contribution in [-0.2, 0) is 14.8 Å². The second kappa shape index (κ2) is 6.15. The molecule has 25 heavy (non-hydrogen) atoms. The molecule has 0 aromatic heterocycles. The summed E-state index contributed by atoms with van der Waals surface area (Å²) in [6.45, 7) is 1.84. The number of sulfonamides is 1. The highest BCUT2D eigenvalue weighted by atomic mass is 32.2. The topological polar surface area (TPSA) is 72.9 Å². The van der Waals surface area contributed by atoms with Crippen molar-refractivity contribution >= 4 is 21.8 Å². The molecule has 3 rings (SSSR count). The molecule has 0 N–H and O–H groups in total. The number of rotatable bonds is 3. The van der Waals surface area contributed by atoms with Crippen molar-refractivity contribution in [2.75, 3.05) is 11.4 Å². The first kappa shape index (κ1) is 16.9. The first-order valence-electron chi connectivity index (χ1n) is 7.35. The Morgan fingerprint density at radius 1 is 1.20 bits per heavy atom. The second-order valence-corrected chi connectivity index (χ2v) is 7.22. The molecule has 1 heterocycles. The highest BCUT2D eigenvalue weighted by Crippen LogP contribution is 2.39. The Balaban J connectivity index is 2.18. The zero-order chi connectivity index (χ0) is 18.2. The van der Waals surface area contributed by atoms with Crippen molar-refractivity contribution in [2.24, 2.45) is 0 Å². The largest absolute Gasteiger partial charge is 0.497 e. The fourth-order valence-electron chi connectivity index (χ4n) is 2.53. The first-order valence-corrected chi connectivity index (χ1v) is 8.79. The minimum atomic E-state index is -4.14. The normalized spacial score (nSPS) is 16.6. The van der Waals surface area contributed by atoms with Gasteiger partial charge in [-0.1, -0.05) is 23.6 Å². The van der Waals surface area contributed by atoms with E-state index >= 15 is 0 Å². The molecule has 0 radical (unpaired) electrons. The Bertz CT molecular complexity index is 974. The van der Waals surface area contributed by atoms with Crippen molar-refractivity contribution in [3.8, 4) is 18.1 Å². The summed E-state index contributed by atoms with van der Waals surface area (Å²) < 4.78 is 36.8. The lowest BCUT2D eigenvalue weighted by molar-refractivity contribution is 0.130. The van der Waals surface area contributed by atoms with Crippen LogP contribution in [0.2, 0.25) is 0 Å². The highest BCUT2D eigenvalue weighted by molar-refractivity contribution is 7.93. The molecule has 6 nitrogen and oxygen atoms in total. The number of hydrogen-bond acceptors (Lipinski definition) is 5. The molecule has 0 bridgehead atoms. The van der Waals surface area contributed by atoms with Gasteiger partial charge in [0.1, 0.15) is 5.75 Å². The van der Waals surface area contributed by atoms with Gasteiger partial charge in [0.25, 0.3) is 10.0 Å². The van der Waals surface area contributed by atoms with E-state index in [0.717, 1.165) is 5.56 Å². The standard InChI is InChI=1S/C18H15NO5S/c1-4-17-15-11-13(23-3)7-10-16(15)19(18(20)24-17)25(21,22)14-8-5-12(2)6-9-14/h1,5-11,17H,2-3H3. The minimum Gasteiger partial charge on any atom is -0.497 e. The fourth-order valence-corrected chi connectivity index (χ4v) is 3.89. The average Bonchev–Trinajstić information content (AvgIpc) is 2.60. The molecule has 0 fully saturated rings. The van der Waals surface area contributed by atoms with Crippen molar-refractivity contribution in [3.05, 3.63) is 53.6 Å². The molecule has 2 aromatic rings. The molecular formula is C18H15NO5S. The van der Waals surface area contributed by atoms with E-state index in [1.54, 1.807) is 24.3 Å². The van der Waals surface area contributed by atoms with E-state index in [0.29, 0.717) is 15.6 Å². The maximum atomic E-state index is 13.0. The Labute approximate surface area is 146 Å². The molecular weight excluding hydrogens is 342 g/mol. The monoisotopic (exact) mass is 357 g/mol. The molecule has 128 valence electrons. The maximum Gasteiger partial charge on any atom is 0.430 e. The number of cyclic esters (lactones) is 1. The van der Waals surface area contributed by atoms with E-state index in [4.69, 9.17) is 15.9 Å². The molecule has 7 heteroatoms.